The maximum atomic E-state index is 11.8. The summed E-state index contributed by atoms with van der Waals surface area (Å²) < 4.78 is 0. The van der Waals surface area contributed by atoms with E-state index in [0.717, 1.165) is 17.5 Å². The van der Waals surface area contributed by atoms with Gasteiger partial charge < -0.3 is 21.9 Å². The van der Waals surface area contributed by atoms with Crippen molar-refractivity contribution in [3.63, 3.8) is 0 Å². The second-order valence-corrected chi connectivity index (χ2v) is 5.28. The number of nitrogens with one attached hydrogen (secondary N) is 1. The van der Waals surface area contributed by atoms with Gasteiger partial charge in [0.2, 0.25) is 0 Å². The predicted octanol–water partition coefficient (Wildman–Crippen LogP) is 1.46. The third-order valence-corrected chi connectivity index (χ3v) is 3.52. The Labute approximate surface area is 129 Å². The molecule has 2 rings (SSSR count). The molecule has 0 saturated carbocycles. The van der Waals surface area contributed by atoms with Gasteiger partial charge in [-0.15, -0.1) is 0 Å². The van der Waals surface area contributed by atoms with Crippen LogP contribution in [0.3, 0.4) is 0 Å². The molecular formula is C17H21N3O2. The third-order valence-electron chi connectivity index (χ3n) is 3.52. The molecule has 0 aliphatic carbocycles. The fourth-order valence-corrected chi connectivity index (χ4v) is 2.00. The Hall–Kier alpha value is -2.21. The van der Waals surface area contributed by atoms with E-state index in [-0.39, 0.29) is 0 Å². The van der Waals surface area contributed by atoms with Crippen LogP contribution in [0.5, 0.6) is 0 Å². The van der Waals surface area contributed by atoms with Gasteiger partial charge in [0, 0.05) is 5.69 Å². The number of amides is 1. The molecule has 5 nitrogen and oxygen atoms in total. The lowest BCUT2D eigenvalue weighted by molar-refractivity contribution is -0.122. The van der Waals surface area contributed by atoms with Crippen LogP contribution in [-0.2, 0) is 11.2 Å². The molecule has 1 amide bonds. The maximum Gasteiger partial charge on any atom is 0.261 e. The lowest BCUT2D eigenvalue weighted by atomic mass is 10.0. The minimum absolute atomic E-state index is 0.577. The first kappa shape index (κ1) is 16.2. The molecule has 0 fully saturated rings. The van der Waals surface area contributed by atoms with Gasteiger partial charge in [0.1, 0.15) is 0 Å². The summed E-state index contributed by atoms with van der Waals surface area (Å²) in [4.78, 5) is 11.8. The second kappa shape index (κ2) is 6.70. The minimum atomic E-state index is -1.78. The average Bonchev–Trinajstić information content (AvgIpc) is 2.55. The van der Waals surface area contributed by atoms with Gasteiger partial charge in [-0.25, -0.2) is 0 Å². The molecule has 0 saturated heterocycles. The molecule has 2 aromatic carbocycles. The van der Waals surface area contributed by atoms with E-state index in [0.29, 0.717) is 5.69 Å². The van der Waals surface area contributed by atoms with Crippen LogP contribution in [-0.4, -0.2) is 23.3 Å². The van der Waals surface area contributed by atoms with Gasteiger partial charge >= 0.3 is 0 Å². The highest BCUT2D eigenvalue weighted by atomic mass is 16.3. The molecule has 2 aromatic rings. The van der Waals surface area contributed by atoms with Crippen LogP contribution in [0, 0.1) is 0 Å². The standard InChI is InChI=1S/C17H21N3O2/c1-2-12-3-5-13(6-4-12)14-7-9-15(10-8-14)20-16(22)17(18,19)11-21/h3-10,21H,2,11,18-19H2,1H3,(H,20,22). The van der Waals surface area contributed by atoms with Crippen molar-refractivity contribution < 1.29 is 9.90 Å². The molecule has 0 aromatic heterocycles. The summed E-state index contributed by atoms with van der Waals surface area (Å²) >= 11 is 0. The molecule has 0 atom stereocenters. The SMILES string of the molecule is CCc1ccc(-c2ccc(NC(=O)C(N)(N)CO)cc2)cc1. The van der Waals surface area contributed by atoms with Crippen LogP contribution in [0.15, 0.2) is 48.5 Å². The van der Waals surface area contributed by atoms with E-state index in [2.05, 4.69) is 36.5 Å². The second-order valence-electron chi connectivity index (χ2n) is 5.28. The highest BCUT2D eigenvalue weighted by Crippen LogP contribution is 2.22. The van der Waals surface area contributed by atoms with Gasteiger partial charge in [0.05, 0.1) is 6.61 Å². The third kappa shape index (κ3) is 3.71. The quantitative estimate of drug-likeness (QED) is 0.628. The van der Waals surface area contributed by atoms with Crippen molar-refractivity contribution in [1.82, 2.24) is 0 Å². The monoisotopic (exact) mass is 299 g/mol. The number of hydrogen-bond acceptors (Lipinski definition) is 4. The van der Waals surface area contributed by atoms with E-state index in [1.165, 1.54) is 5.56 Å². The molecule has 6 N–H and O–H groups in total. The lowest BCUT2D eigenvalue weighted by Gasteiger charge is -2.20. The van der Waals surface area contributed by atoms with Crippen LogP contribution >= 0.6 is 0 Å². The summed E-state index contributed by atoms with van der Waals surface area (Å²) in [6.07, 6.45) is 1.01. The number of aryl methyl sites for hydroxylation is 1. The van der Waals surface area contributed by atoms with Gasteiger partial charge in [0.15, 0.2) is 5.66 Å². The molecule has 0 radical (unpaired) electrons. The number of aliphatic hydroxyl groups is 1. The summed E-state index contributed by atoms with van der Waals surface area (Å²) in [7, 11) is 0. The van der Waals surface area contributed by atoms with Gasteiger partial charge in [-0.05, 0) is 35.2 Å². The summed E-state index contributed by atoms with van der Waals surface area (Å²) in [6.45, 7) is 1.49. The Morgan fingerprint density at radius 1 is 1.05 bits per heavy atom. The van der Waals surface area contributed by atoms with Crippen molar-refractivity contribution in [2.75, 3.05) is 11.9 Å². The molecule has 22 heavy (non-hydrogen) atoms. The fraction of sp³-hybridized carbons (Fsp3) is 0.235. The molecule has 0 unspecified atom stereocenters. The Morgan fingerprint density at radius 2 is 1.55 bits per heavy atom. The van der Waals surface area contributed by atoms with Crippen molar-refractivity contribution >= 4 is 11.6 Å². The first-order chi connectivity index (χ1) is 10.5. The van der Waals surface area contributed by atoms with E-state index in [1.54, 1.807) is 12.1 Å². The van der Waals surface area contributed by atoms with Crippen molar-refractivity contribution in [2.24, 2.45) is 11.5 Å². The van der Waals surface area contributed by atoms with Gasteiger partial charge in [-0.2, -0.15) is 0 Å². The normalized spacial score (nSPS) is 11.3. The van der Waals surface area contributed by atoms with E-state index >= 15 is 0 Å². The van der Waals surface area contributed by atoms with E-state index in [4.69, 9.17) is 16.6 Å². The summed E-state index contributed by atoms with van der Waals surface area (Å²) in [5, 5.41) is 11.5. The smallest absolute Gasteiger partial charge is 0.261 e. The largest absolute Gasteiger partial charge is 0.392 e. The first-order valence-corrected chi connectivity index (χ1v) is 7.15. The van der Waals surface area contributed by atoms with Crippen molar-refractivity contribution in [3.05, 3.63) is 54.1 Å². The molecule has 0 aliphatic rings. The number of rotatable bonds is 5. The Morgan fingerprint density at radius 3 is 2.00 bits per heavy atom. The molecule has 0 bridgehead atoms. The Kier molecular flexibility index (Phi) is 4.92. The lowest BCUT2D eigenvalue weighted by Crippen LogP contribution is -2.61. The van der Waals surface area contributed by atoms with Gasteiger partial charge in [0.25, 0.3) is 5.91 Å². The number of hydrogen-bond donors (Lipinski definition) is 4. The number of aliphatic hydroxyl groups excluding tert-OH is 1. The summed E-state index contributed by atoms with van der Waals surface area (Å²) in [6, 6.07) is 15.7. The van der Waals surface area contributed by atoms with Crippen LogP contribution < -0.4 is 16.8 Å². The average molecular weight is 299 g/mol. The number of anilines is 1. The zero-order valence-corrected chi connectivity index (χ0v) is 12.5. The topological polar surface area (TPSA) is 101 Å². The molecule has 5 heteroatoms. The fourth-order valence-electron chi connectivity index (χ4n) is 2.00. The molecule has 0 spiro atoms. The van der Waals surface area contributed by atoms with E-state index < -0.39 is 18.2 Å². The van der Waals surface area contributed by atoms with Crippen LogP contribution in [0.25, 0.3) is 11.1 Å². The number of benzene rings is 2. The van der Waals surface area contributed by atoms with Crippen LogP contribution in [0.1, 0.15) is 12.5 Å². The van der Waals surface area contributed by atoms with E-state index in [1.807, 2.05) is 12.1 Å². The first-order valence-electron chi connectivity index (χ1n) is 7.15. The van der Waals surface area contributed by atoms with Gasteiger partial charge in [-0.3, -0.25) is 4.79 Å². The van der Waals surface area contributed by atoms with Crippen molar-refractivity contribution in [1.29, 1.82) is 0 Å². The zero-order valence-electron chi connectivity index (χ0n) is 12.5. The van der Waals surface area contributed by atoms with Crippen LogP contribution in [0.2, 0.25) is 0 Å². The van der Waals surface area contributed by atoms with Crippen molar-refractivity contribution in [2.45, 2.75) is 19.0 Å². The molecule has 0 heterocycles. The number of carbonyl (C=O) groups is 1. The number of nitrogens with two attached hydrogens (primary N) is 2. The van der Waals surface area contributed by atoms with Crippen molar-refractivity contribution in [3.8, 4) is 11.1 Å². The number of carbonyl (C=O) groups excluding carboxylic acids is 1. The minimum Gasteiger partial charge on any atom is -0.392 e. The highest BCUT2D eigenvalue weighted by Gasteiger charge is 2.28. The predicted molar refractivity (Wildman–Crippen MR) is 88.1 cm³/mol. The summed E-state index contributed by atoms with van der Waals surface area (Å²) in [5.74, 6) is -0.630. The molecular weight excluding hydrogens is 278 g/mol. The summed E-state index contributed by atoms with van der Waals surface area (Å²) in [5.41, 5.74) is 13.2. The Balaban J connectivity index is 2.11. The molecule has 0 aliphatic heterocycles. The molecule has 116 valence electrons. The maximum absolute atomic E-state index is 11.8. The van der Waals surface area contributed by atoms with Crippen LogP contribution in [0.4, 0.5) is 5.69 Å². The Bertz CT molecular complexity index is 634. The highest BCUT2D eigenvalue weighted by molar-refractivity contribution is 5.97. The van der Waals surface area contributed by atoms with E-state index in [9.17, 15) is 4.79 Å². The van der Waals surface area contributed by atoms with Gasteiger partial charge in [-0.1, -0.05) is 43.3 Å². The zero-order chi connectivity index (χ0) is 16.2.